The number of nitrogens with zero attached hydrogens (tertiary/aromatic N) is 2. The highest BCUT2D eigenvalue weighted by molar-refractivity contribution is 5.26. The minimum Gasteiger partial charge on any atom is -0.495 e. The Morgan fingerprint density at radius 2 is 1.95 bits per heavy atom. The number of ether oxygens (including phenoxy) is 1. The van der Waals surface area contributed by atoms with Gasteiger partial charge in [0.25, 0.3) is 0 Å². The Morgan fingerprint density at radius 3 is 2.55 bits per heavy atom. The molecule has 1 fully saturated rings. The lowest BCUT2D eigenvalue weighted by Gasteiger charge is -2.43. The fourth-order valence-corrected chi connectivity index (χ4v) is 3.20. The summed E-state index contributed by atoms with van der Waals surface area (Å²) < 4.78 is 5.46. The smallest absolute Gasteiger partial charge is 0.141 e. The second-order valence-electron chi connectivity index (χ2n) is 6.74. The number of hydrogen-bond donors (Lipinski definition) is 0. The van der Waals surface area contributed by atoms with Crippen molar-refractivity contribution in [3.05, 3.63) is 24.0 Å². The van der Waals surface area contributed by atoms with E-state index in [9.17, 15) is 0 Å². The molecule has 0 unspecified atom stereocenters. The van der Waals surface area contributed by atoms with Gasteiger partial charge < -0.3 is 4.74 Å². The Bertz CT molecular complexity index is 419. The highest BCUT2D eigenvalue weighted by atomic mass is 16.5. The number of methoxy groups -OCH3 is 1. The third-order valence-electron chi connectivity index (χ3n) is 4.27. The van der Waals surface area contributed by atoms with Gasteiger partial charge in [-0.1, -0.05) is 19.3 Å². The van der Waals surface area contributed by atoms with Crippen molar-refractivity contribution in [1.29, 1.82) is 0 Å². The van der Waals surface area contributed by atoms with E-state index in [0.717, 1.165) is 18.0 Å². The summed E-state index contributed by atoms with van der Waals surface area (Å²) in [6.07, 6.45) is 8.59. The van der Waals surface area contributed by atoms with Gasteiger partial charge in [-0.3, -0.25) is 9.88 Å². The van der Waals surface area contributed by atoms with Crippen molar-refractivity contribution >= 4 is 0 Å². The van der Waals surface area contributed by atoms with E-state index >= 15 is 0 Å². The van der Waals surface area contributed by atoms with Crippen LogP contribution in [-0.4, -0.2) is 28.6 Å². The van der Waals surface area contributed by atoms with Gasteiger partial charge in [0.05, 0.1) is 12.8 Å². The molecule has 1 aliphatic carbocycles. The van der Waals surface area contributed by atoms with Gasteiger partial charge in [-0.2, -0.15) is 0 Å². The quantitative estimate of drug-likeness (QED) is 0.830. The zero-order chi connectivity index (χ0) is 14.6. The molecule has 1 saturated carbocycles. The lowest BCUT2D eigenvalue weighted by molar-refractivity contribution is 0.0501. The summed E-state index contributed by atoms with van der Waals surface area (Å²) in [6.45, 7) is 7.78. The average Bonchev–Trinajstić information content (AvgIpc) is 2.45. The van der Waals surface area contributed by atoms with Crippen molar-refractivity contribution in [2.45, 2.75) is 71.0 Å². The van der Waals surface area contributed by atoms with Crippen molar-refractivity contribution in [2.24, 2.45) is 0 Å². The van der Waals surface area contributed by atoms with Gasteiger partial charge >= 0.3 is 0 Å². The first-order chi connectivity index (χ1) is 9.52. The summed E-state index contributed by atoms with van der Waals surface area (Å²) in [7, 11) is 1.72. The minimum absolute atomic E-state index is 0.157. The lowest BCUT2D eigenvalue weighted by atomic mass is 9.90. The number of pyridine rings is 1. The molecule has 3 heteroatoms. The third kappa shape index (κ3) is 3.72. The maximum atomic E-state index is 5.46. The highest BCUT2D eigenvalue weighted by Crippen LogP contribution is 2.31. The maximum Gasteiger partial charge on any atom is 0.141 e. The predicted octanol–water partition coefficient (Wildman–Crippen LogP) is 4.02. The Morgan fingerprint density at radius 1 is 1.25 bits per heavy atom. The van der Waals surface area contributed by atoms with Crippen LogP contribution < -0.4 is 4.74 Å². The van der Waals surface area contributed by atoms with Crippen LogP contribution in [0.25, 0.3) is 0 Å². The molecule has 0 N–H and O–H groups in total. The summed E-state index contributed by atoms with van der Waals surface area (Å²) in [5.41, 5.74) is 1.21. The molecule has 0 aliphatic heterocycles. The molecule has 1 aliphatic rings. The molecule has 3 nitrogen and oxygen atoms in total. The van der Waals surface area contributed by atoms with E-state index in [1.807, 2.05) is 18.3 Å². The second kappa shape index (κ2) is 6.57. The molecule has 112 valence electrons. The first-order valence-electron chi connectivity index (χ1n) is 7.77. The van der Waals surface area contributed by atoms with Crippen molar-refractivity contribution in [3.8, 4) is 5.75 Å². The highest BCUT2D eigenvalue weighted by Gasteiger charge is 2.30. The second-order valence-corrected chi connectivity index (χ2v) is 6.74. The summed E-state index contributed by atoms with van der Waals surface area (Å²) in [4.78, 5) is 7.14. The fourth-order valence-electron chi connectivity index (χ4n) is 3.20. The van der Waals surface area contributed by atoms with Gasteiger partial charge in [0.15, 0.2) is 0 Å². The summed E-state index contributed by atoms with van der Waals surface area (Å²) >= 11 is 0. The molecule has 2 rings (SSSR count). The normalized spacial score (nSPS) is 17.4. The van der Waals surface area contributed by atoms with Crippen LogP contribution in [0.2, 0.25) is 0 Å². The third-order valence-corrected chi connectivity index (χ3v) is 4.27. The van der Waals surface area contributed by atoms with Crippen LogP contribution >= 0.6 is 0 Å². The molecule has 0 radical (unpaired) electrons. The molecular weight excluding hydrogens is 248 g/mol. The molecule has 1 aromatic rings. The van der Waals surface area contributed by atoms with Gasteiger partial charge in [0.1, 0.15) is 5.75 Å². The molecule has 0 amide bonds. The first-order valence-corrected chi connectivity index (χ1v) is 7.77. The first kappa shape index (κ1) is 15.3. The summed E-state index contributed by atoms with van der Waals surface area (Å²) in [5.74, 6) is 0.901. The van der Waals surface area contributed by atoms with Gasteiger partial charge in [-0.25, -0.2) is 0 Å². The van der Waals surface area contributed by atoms with Crippen LogP contribution in [-0.2, 0) is 6.54 Å². The lowest BCUT2D eigenvalue weighted by Crippen LogP contribution is -2.48. The van der Waals surface area contributed by atoms with E-state index in [0.29, 0.717) is 6.04 Å². The monoisotopic (exact) mass is 276 g/mol. The number of hydrogen-bond acceptors (Lipinski definition) is 3. The number of rotatable bonds is 4. The summed E-state index contributed by atoms with van der Waals surface area (Å²) in [5, 5.41) is 0. The van der Waals surface area contributed by atoms with E-state index < -0.39 is 0 Å². The average molecular weight is 276 g/mol. The van der Waals surface area contributed by atoms with Crippen LogP contribution in [0.3, 0.4) is 0 Å². The minimum atomic E-state index is 0.157. The topological polar surface area (TPSA) is 25.4 Å². The number of aromatic nitrogens is 1. The van der Waals surface area contributed by atoms with Crippen molar-refractivity contribution in [2.75, 3.05) is 7.11 Å². The van der Waals surface area contributed by atoms with Crippen LogP contribution in [0.4, 0.5) is 0 Å². The van der Waals surface area contributed by atoms with E-state index in [1.165, 1.54) is 32.1 Å². The molecule has 0 spiro atoms. The van der Waals surface area contributed by atoms with Crippen LogP contribution in [0.15, 0.2) is 18.3 Å². The fraction of sp³-hybridized carbons (Fsp3) is 0.706. The van der Waals surface area contributed by atoms with Crippen molar-refractivity contribution < 1.29 is 4.74 Å². The van der Waals surface area contributed by atoms with E-state index in [-0.39, 0.29) is 5.54 Å². The molecule has 20 heavy (non-hydrogen) atoms. The standard InChI is InChI=1S/C17H28N2O/c1-17(2,3)19(14-9-6-5-7-10-14)13-15-16(20-4)11-8-12-18-15/h8,11-12,14H,5-7,9-10,13H2,1-4H3. The maximum absolute atomic E-state index is 5.46. The van der Waals surface area contributed by atoms with Gasteiger partial charge in [0, 0.05) is 24.3 Å². The SMILES string of the molecule is COc1cccnc1CN(C1CCCCC1)C(C)(C)C. The van der Waals surface area contributed by atoms with Crippen LogP contribution in [0.1, 0.15) is 58.6 Å². The predicted molar refractivity (Wildman–Crippen MR) is 83.0 cm³/mol. The molecular formula is C17H28N2O. The zero-order valence-corrected chi connectivity index (χ0v) is 13.4. The summed E-state index contributed by atoms with van der Waals surface area (Å²) in [6, 6.07) is 4.62. The van der Waals surface area contributed by atoms with Crippen LogP contribution in [0, 0.1) is 0 Å². The van der Waals surface area contributed by atoms with Gasteiger partial charge in [-0.05, 0) is 45.7 Å². The zero-order valence-electron chi connectivity index (χ0n) is 13.4. The molecule has 0 bridgehead atoms. The Kier molecular flexibility index (Phi) is 5.03. The van der Waals surface area contributed by atoms with Crippen molar-refractivity contribution in [1.82, 2.24) is 9.88 Å². The molecule has 0 atom stereocenters. The van der Waals surface area contributed by atoms with Gasteiger partial charge in [-0.15, -0.1) is 0 Å². The van der Waals surface area contributed by atoms with E-state index in [1.54, 1.807) is 7.11 Å². The molecule has 1 aromatic heterocycles. The Hall–Kier alpha value is -1.09. The molecule has 0 aromatic carbocycles. The van der Waals surface area contributed by atoms with E-state index in [4.69, 9.17) is 4.74 Å². The Labute approximate surface area is 123 Å². The van der Waals surface area contributed by atoms with E-state index in [2.05, 4.69) is 30.7 Å². The van der Waals surface area contributed by atoms with Crippen LogP contribution in [0.5, 0.6) is 5.75 Å². The van der Waals surface area contributed by atoms with Crippen molar-refractivity contribution in [3.63, 3.8) is 0 Å². The Balaban J connectivity index is 2.19. The molecule has 1 heterocycles. The molecule has 0 saturated heterocycles. The van der Waals surface area contributed by atoms with Gasteiger partial charge in [0.2, 0.25) is 0 Å². The largest absolute Gasteiger partial charge is 0.495 e.